The van der Waals surface area contributed by atoms with Crippen molar-refractivity contribution in [2.24, 2.45) is 0 Å². The van der Waals surface area contributed by atoms with Gasteiger partial charge < -0.3 is 4.74 Å². The van der Waals surface area contributed by atoms with Crippen LogP contribution in [0, 0.1) is 0 Å². The monoisotopic (exact) mass is 221 g/mol. The minimum atomic E-state index is -3.22. The second-order valence-electron chi connectivity index (χ2n) is 4.83. The van der Waals surface area contributed by atoms with Gasteiger partial charge in [-0.05, 0) is 34.1 Å². The average Bonchev–Trinajstić information content (AvgIpc) is 2.66. The smallest absolute Gasteiger partial charge is 0.216 e. The second-order valence-corrected chi connectivity index (χ2v) is 7.29. The van der Waals surface area contributed by atoms with Crippen LogP contribution in [0.25, 0.3) is 0 Å². The molecule has 14 heavy (non-hydrogen) atoms. The van der Waals surface area contributed by atoms with Crippen LogP contribution in [0.1, 0.15) is 34.1 Å². The molecule has 4 nitrogen and oxygen atoms in total. The molecule has 0 saturated carbocycles. The summed E-state index contributed by atoms with van der Waals surface area (Å²) in [5, 5.41) is 0. The Bertz CT molecular complexity index is 288. The van der Waals surface area contributed by atoms with E-state index in [1.54, 1.807) is 20.8 Å². The van der Waals surface area contributed by atoms with Crippen LogP contribution in [0.2, 0.25) is 0 Å². The molecule has 0 radical (unpaired) electrons. The molecule has 84 valence electrons. The van der Waals surface area contributed by atoms with E-state index in [0.29, 0.717) is 0 Å². The second kappa shape index (κ2) is 3.79. The molecule has 1 aliphatic rings. The summed E-state index contributed by atoms with van der Waals surface area (Å²) < 4.78 is 30.4. The summed E-state index contributed by atoms with van der Waals surface area (Å²) in [6.07, 6.45) is 1.02. The fourth-order valence-corrected chi connectivity index (χ4v) is 2.07. The van der Waals surface area contributed by atoms with Crippen LogP contribution < -0.4 is 4.72 Å². The molecule has 0 aromatic rings. The molecule has 1 rings (SSSR count). The van der Waals surface area contributed by atoms with Crippen LogP contribution in [0.15, 0.2) is 0 Å². The summed E-state index contributed by atoms with van der Waals surface area (Å²) in [4.78, 5) is 0. The molecule has 5 heteroatoms. The van der Waals surface area contributed by atoms with Gasteiger partial charge in [-0.15, -0.1) is 0 Å². The molecule has 0 spiro atoms. The average molecular weight is 221 g/mol. The van der Waals surface area contributed by atoms with Gasteiger partial charge in [-0.2, -0.15) is 0 Å². The lowest BCUT2D eigenvalue weighted by Gasteiger charge is -2.22. The van der Waals surface area contributed by atoms with E-state index in [4.69, 9.17) is 4.74 Å². The summed E-state index contributed by atoms with van der Waals surface area (Å²) >= 11 is 0. The number of nitrogens with one attached hydrogen (secondary N) is 1. The highest BCUT2D eigenvalue weighted by molar-refractivity contribution is 7.90. The van der Waals surface area contributed by atoms with E-state index in [0.717, 1.165) is 13.0 Å². The van der Waals surface area contributed by atoms with E-state index >= 15 is 0 Å². The lowest BCUT2D eigenvalue weighted by Crippen LogP contribution is -2.44. The van der Waals surface area contributed by atoms with Gasteiger partial charge in [0.1, 0.15) is 0 Å². The number of rotatable bonds is 4. The Morgan fingerprint density at radius 3 is 2.36 bits per heavy atom. The Hall–Kier alpha value is -0.130. The molecule has 2 unspecified atom stereocenters. The van der Waals surface area contributed by atoms with Crippen molar-refractivity contribution in [1.82, 2.24) is 4.72 Å². The van der Waals surface area contributed by atoms with Crippen molar-refractivity contribution in [2.45, 2.75) is 51.0 Å². The molecule has 1 fully saturated rings. The Kier molecular flexibility index (Phi) is 3.23. The van der Waals surface area contributed by atoms with E-state index in [-0.39, 0.29) is 12.1 Å². The standard InChI is InChI=1S/C9H19NO3S/c1-7(5-8-6-13-8)10-14(11,12)9(2,3)4/h7-8,10H,5-6H2,1-4H3. The van der Waals surface area contributed by atoms with Crippen molar-refractivity contribution in [1.29, 1.82) is 0 Å². The molecule has 1 N–H and O–H groups in total. The fraction of sp³-hybridized carbons (Fsp3) is 1.00. The first-order valence-electron chi connectivity index (χ1n) is 4.86. The van der Waals surface area contributed by atoms with E-state index in [9.17, 15) is 8.42 Å². The van der Waals surface area contributed by atoms with Gasteiger partial charge in [0.15, 0.2) is 0 Å². The third kappa shape index (κ3) is 3.22. The third-order valence-corrected chi connectivity index (χ3v) is 4.51. The summed E-state index contributed by atoms with van der Waals surface area (Å²) in [6, 6.07) is -0.0493. The van der Waals surface area contributed by atoms with Gasteiger partial charge in [0.05, 0.1) is 17.5 Å². The number of ether oxygens (including phenoxy) is 1. The number of hydrogen-bond donors (Lipinski definition) is 1. The Morgan fingerprint density at radius 1 is 1.50 bits per heavy atom. The zero-order chi connectivity index (χ0) is 11.0. The van der Waals surface area contributed by atoms with Crippen molar-refractivity contribution in [3.8, 4) is 0 Å². The Balaban J connectivity index is 2.49. The molecule has 0 amide bonds. The van der Waals surface area contributed by atoms with Crippen LogP contribution in [-0.2, 0) is 14.8 Å². The summed E-state index contributed by atoms with van der Waals surface area (Å²) in [7, 11) is -3.22. The van der Waals surface area contributed by atoms with Gasteiger partial charge in [-0.25, -0.2) is 13.1 Å². The lowest BCUT2D eigenvalue weighted by atomic mass is 10.2. The van der Waals surface area contributed by atoms with Crippen molar-refractivity contribution in [2.75, 3.05) is 6.61 Å². The highest BCUT2D eigenvalue weighted by Crippen LogP contribution is 2.18. The van der Waals surface area contributed by atoms with Gasteiger partial charge in [0.25, 0.3) is 0 Å². The molecule has 2 atom stereocenters. The van der Waals surface area contributed by atoms with E-state index in [1.807, 2.05) is 6.92 Å². The van der Waals surface area contributed by atoms with Crippen molar-refractivity contribution >= 4 is 10.0 Å². The van der Waals surface area contributed by atoms with E-state index in [2.05, 4.69) is 4.72 Å². The predicted octanol–water partition coefficient (Wildman–Crippen LogP) is 0.882. The minimum Gasteiger partial charge on any atom is -0.373 e. The van der Waals surface area contributed by atoms with Crippen LogP contribution in [0.5, 0.6) is 0 Å². The van der Waals surface area contributed by atoms with Gasteiger partial charge in [-0.3, -0.25) is 0 Å². The van der Waals surface area contributed by atoms with Crippen molar-refractivity contribution in [3.63, 3.8) is 0 Å². The van der Waals surface area contributed by atoms with Crippen molar-refractivity contribution < 1.29 is 13.2 Å². The maximum Gasteiger partial charge on any atom is 0.216 e. The highest BCUT2D eigenvalue weighted by Gasteiger charge is 2.32. The predicted molar refractivity (Wildman–Crippen MR) is 55.6 cm³/mol. The fourth-order valence-electron chi connectivity index (χ4n) is 1.09. The van der Waals surface area contributed by atoms with Crippen LogP contribution in [0.4, 0.5) is 0 Å². The molecule has 0 aliphatic carbocycles. The molecule has 1 heterocycles. The van der Waals surface area contributed by atoms with Crippen molar-refractivity contribution in [3.05, 3.63) is 0 Å². The first kappa shape index (κ1) is 11.9. The lowest BCUT2D eigenvalue weighted by molar-refractivity contribution is 0.378. The number of hydrogen-bond acceptors (Lipinski definition) is 3. The number of epoxide rings is 1. The zero-order valence-corrected chi connectivity index (χ0v) is 10.0. The summed E-state index contributed by atoms with van der Waals surface area (Å²) in [5.74, 6) is 0. The Morgan fingerprint density at radius 2 is 2.00 bits per heavy atom. The summed E-state index contributed by atoms with van der Waals surface area (Å²) in [5.41, 5.74) is 0. The maximum absolute atomic E-state index is 11.7. The molecule has 1 saturated heterocycles. The number of sulfonamides is 1. The Labute approximate surface area is 86.1 Å². The normalized spacial score (nSPS) is 24.7. The topological polar surface area (TPSA) is 58.7 Å². The molecule has 0 aromatic carbocycles. The van der Waals surface area contributed by atoms with Gasteiger partial charge in [-0.1, -0.05) is 0 Å². The van der Waals surface area contributed by atoms with E-state index in [1.165, 1.54) is 0 Å². The maximum atomic E-state index is 11.7. The van der Waals surface area contributed by atoms with Crippen LogP contribution in [0.3, 0.4) is 0 Å². The third-order valence-electron chi connectivity index (χ3n) is 2.18. The highest BCUT2D eigenvalue weighted by atomic mass is 32.2. The van der Waals surface area contributed by atoms with Gasteiger partial charge >= 0.3 is 0 Å². The molecular formula is C9H19NO3S. The first-order chi connectivity index (χ1) is 6.22. The molecular weight excluding hydrogens is 202 g/mol. The molecule has 1 aliphatic heterocycles. The SMILES string of the molecule is CC(CC1CO1)NS(=O)(=O)C(C)(C)C. The quantitative estimate of drug-likeness (QED) is 0.717. The van der Waals surface area contributed by atoms with E-state index < -0.39 is 14.8 Å². The molecule has 0 bridgehead atoms. The zero-order valence-electron chi connectivity index (χ0n) is 9.20. The van der Waals surface area contributed by atoms with Crippen LogP contribution >= 0.6 is 0 Å². The van der Waals surface area contributed by atoms with Gasteiger partial charge in [0, 0.05) is 6.04 Å². The first-order valence-corrected chi connectivity index (χ1v) is 6.34. The molecule has 0 aromatic heterocycles. The summed E-state index contributed by atoms with van der Waals surface area (Å²) in [6.45, 7) is 7.70. The van der Waals surface area contributed by atoms with Gasteiger partial charge in [0.2, 0.25) is 10.0 Å². The minimum absolute atomic E-state index is 0.0493. The van der Waals surface area contributed by atoms with Crippen LogP contribution in [-0.4, -0.2) is 31.9 Å². The largest absolute Gasteiger partial charge is 0.373 e.